The van der Waals surface area contributed by atoms with Crippen molar-refractivity contribution in [2.75, 3.05) is 0 Å². The first-order chi connectivity index (χ1) is 3.98. The first kappa shape index (κ1) is 7.93. The second-order valence-electron chi connectivity index (χ2n) is 0.971. The minimum atomic E-state index is -5.11. The van der Waals surface area contributed by atoms with Crippen LogP contribution in [-0.4, -0.2) is 18.6 Å². The van der Waals surface area contributed by atoms with E-state index in [9.17, 15) is 18.0 Å². The molecule has 0 rings (SSSR count). The smallest absolute Gasteiger partial charge is 0.378 e. The van der Waals surface area contributed by atoms with Gasteiger partial charge < -0.3 is 4.74 Å². The van der Waals surface area contributed by atoms with E-state index in [1.54, 1.807) is 0 Å². The summed E-state index contributed by atoms with van der Waals surface area (Å²) in [6, 6.07) is 0. The van der Waals surface area contributed by atoms with E-state index in [1.165, 1.54) is 0 Å². The Labute approximate surface area is 47.4 Å². The van der Waals surface area contributed by atoms with Gasteiger partial charge in [-0.3, -0.25) is 0 Å². The van der Waals surface area contributed by atoms with E-state index in [0.29, 0.717) is 6.47 Å². The highest BCUT2D eigenvalue weighted by molar-refractivity contribution is 5.81. The molecule has 0 spiro atoms. The highest BCUT2D eigenvalue weighted by Crippen LogP contribution is 2.15. The fourth-order valence-electron chi connectivity index (χ4n) is 0.0957. The zero-order chi connectivity index (χ0) is 7.49. The van der Waals surface area contributed by atoms with Crippen molar-refractivity contribution in [1.82, 2.24) is 0 Å². The molecular formula is C3F3O3. The highest BCUT2D eigenvalue weighted by atomic mass is 19.4. The molecule has 0 aliphatic carbocycles. The molecule has 0 aromatic heterocycles. The van der Waals surface area contributed by atoms with Gasteiger partial charge in [0.05, 0.1) is 0 Å². The third-order valence-corrected chi connectivity index (χ3v) is 0.366. The number of halogens is 3. The van der Waals surface area contributed by atoms with E-state index >= 15 is 0 Å². The average Bonchev–Trinajstić information content (AvgIpc) is 1.64. The van der Waals surface area contributed by atoms with Crippen LogP contribution in [0.2, 0.25) is 0 Å². The molecule has 9 heavy (non-hydrogen) atoms. The second kappa shape index (κ2) is 2.47. The predicted molar refractivity (Wildman–Crippen MR) is 17.8 cm³/mol. The molecule has 1 radical (unpaired) electrons. The van der Waals surface area contributed by atoms with Crippen molar-refractivity contribution in [3.05, 3.63) is 0 Å². The number of hydrogen-bond donors (Lipinski definition) is 0. The van der Waals surface area contributed by atoms with Gasteiger partial charge in [0, 0.05) is 0 Å². The number of hydrogen-bond acceptors (Lipinski definition) is 3. The minimum absolute atomic E-state index is 0.354. The van der Waals surface area contributed by atoms with E-state index in [4.69, 9.17) is 4.79 Å². The standard InChI is InChI=1S/C3F3O3/c4-3(5,6)2(8)9-1-7. The molecule has 6 heteroatoms. The lowest BCUT2D eigenvalue weighted by Gasteiger charge is -1.98. The van der Waals surface area contributed by atoms with Crippen LogP contribution in [0, 0.1) is 0 Å². The molecule has 0 heterocycles. The summed E-state index contributed by atoms with van der Waals surface area (Å²) in [6.07, 6.45) is -5.11. The maximum Gasteiger partial charge on any atom is 0.491 e. The Bertz CT molecular complexity index is 127. The summed E-state index contributed by atoms with van der Waals surface area (Å²) in [5.74, 6) is -2.56. The molecule has 0 aliphatic heterocycles. The fourth-order valence-corrected chi connectivity index (χ4v) is 0.0957. The van der Waals surface area contributed by atoms with Gasteiger partial charge >= 0.3 is 18.6 Å². The van der Waals surface area contributed by atoms with E-state index in [2.05, 4.69) is 4.74 Å². The van der Waals surface area contributed by atoms with Crippen LogP contribution in [0.4, 0.5) is 13.2 Å². The summed E-state index contributed by atoms with van der Waals surface area (Å²) in [6.45, 7) is 0.354. The Balaban J connectivity index is 3.88. The normalized spacial score (nSPS) is 10.6. The van der Waals surface area contributed by atoms with Gasteiger partial charge in [-0.25, -0.2) is 9.59 Å². The summed E-state index contributed by atoms with van der Waals surface area (Å²) in [5, 5.41) is 0. The Hall–Kier alpha value is -1.07. The summed E-state index contributed by atoms with van der Waals surface area (Å²) in [5.41, 5.74) is 0. The van der Waals surface area contributed by atoms with Gasteiger partial charge in [-0.1, -0.05) is 0 Å². The van der Waals surface area contributed by atoms with Crippen molar-refractivity contribution in [2.24, 2.45) is 0 Å². The third-order valence-electron chi connectivity index (χ3n) is 0.366. The van der Waals surface area contributed by atoms with Crippen molar-refractivity contribution in [1.29, 1.82) is 0 Å². The number of carbonyl (C=O) groups is 1. The summed E-state index contributed by atoms with van der Waals surface area (Å²) in [7, 11) is 0. The fraction of sp³-hybridized carbons (Fsp3) is 0.333. The molecular weight excluding hydrogens is 141 g/mol. The Kier molecular flexibility index (Phi) is 2.18. The summed E-state index contributed by atoms with van der Waals surface area (Å²) in [4.78, 5) is 18.4. The molecule has 51 valence electrons. The molecule has 0 atom stereocenters. The Morgan fingerprint density at radius 1 is 1.44 bits per heavy atom. The number of rotatable bonds is 1. The molecule has 0 amide bonds. The van der Waals surface area contributed by atoms with Gasteiger partial charge in [-0.15, -0.1) is 0 Å². The summed E-state index contributed by atoms with van der Waals surface area (Å²) >= 11 is 0. The van der Waals surface area contributed by atoms with Crippen LogP contribution in [0.15, 0.2) is 0 Å². The van der Waals surface area contributed by atoms with Gasteiger partial charge in [0.1, 0.15) is 0 Å². The van der Waals surface area contributed by atoms with Crippen molar-refractivity contribution >= 4 is 12.4 Å². The predicted octanol–water partition coefficient (Wildman–Crippen LogP) is 0.159. The number of alkyl halides is 3. The molecule has 0 saturated heterocycles. The first-order valence-corrected chi connectivity index (χ1v) is 1.63. The van der Waals surface area contributed by atoms with Crippen LogP contribution < -0.4 is 0 Å². The molecule has 0 saturated carbocycles. The Morgan fingerprint density at radius 2 is 1.89 bits per heavy atom. The van der Waals surface area contributed by atoms with E-state index in [0.717, 1.165) is 0 Å². The topological polar surface area (TPSA) is 43.4 Å². The van der Waals surface area contributed by atoms with Gasteiger partial charge in [0.25, 0.3) is 0 Å². The van der Waals surface area contributed by atoms with Crippen molar-refractivity contribution < 1.29 is 27.5 Å². The maximum absolute atomic E-state index is 11.0. The van der Waals surface area contributed by atoms with E-state index in [1.807, 2.05) is 0 Å². The quantitative estimate of drug-likeness (QED) is 0.385. The molecule has 3 nitrogen and oxygen atoms in total. The van der Waals surface area contributed by atoms with Crippen LogP contribution >= 0.6 is 0 Å². The first-order valence-electron chi connectivity index (χ1n) is 1.63. The largest absolute Gasteiger partial charge is 0.491 e. The van der Waals surface area contributed by atoms with Crippen LogP contribution in [0.3, 0.4) is 0 Å². The zero-order valence-corrected chi connectivity index (χ0v) is 3.86. The lowest BCUT2D eigenvalue weighted by molar-refractivity contribution is -0.191. The van der Waals surface area contributed by atoms with Gasteiger partial charge in [0.15, 0.2) is 0 Å². The molecule has 0 bridgehead atoms. The minimum Gasteiger partial charge on any atom is -0.378 e. The zero-order valence-electron chi connectivity index (χ0n) is 3.86. The van der Waals surface area contributed by atoms with E-state index < -0.39 is 12.1 Å². The van der Waals surface area contributed by atoms with Crippen LogP contribution in [0.25, 0.3) is 0 Å². The van der Waals surface area contributed by atoms with Crippen LogP contribution in [0.5, 0.6) is 0 Å². The molecule has 0 unspecified atom stereocenters. The Morgan fingerprint density at radius 3 is 2.00 bits per heavy atom. The highest BCUT2D eigenvalue weighted by Gasteiger charge is 2.41. The van der Waals surface area contributed by atoms with Crippen LogP contribution in [0.1, 0.15) is 0 Å². The van der Waals surface area contributed by atoms with E-state index in [-0.39, 0.29) is 0 Å². The van der Waals surface area contributed by atoms with Crippen LogP contribution in [-0.2, 0) is 14.3 Å². The molecule has 0 fully saturated rings. The molecule has 0 aromatic rings. The third kappa shape index (κ3) is 2.68. The SMILES string of the molecule is O=[C]OC(=O)C(F)(F)F. The van der Waals surface area contributed by atoms with Crippen molar-refractivity contribution in [3.8, 4) is 0 Å². The van der Waals surface area contributed by atoms with Gasteiger partial charge in [-0.05, 0) is 0 Å². The average molecular weight is 141 g/mol. The molecule has 0 N–H and O–H groups in total. The second-order valence-corrected chi connectivity index (χ2v) is 0.971. The monoisotopic (exact) mass is 141 g/mol. The summed E-state index contributed by atoms with van der Waals surface area (Å²) < 4.78 is 35.8. The molecule has 0 aliphatic rings. The van der Waals surface area contributed by atoms with Gasteiger partial charge in [-0.2, -0.15) is 13.2 Å². The number of esters is 1. The van der Waals surface area contributed by atoms with Crippen molar-refractivity contribution in [3.63, 3.8) is 0 Å². The number of ether oxygens (including phenoxy) is 1. The van der Waals surface area contributed by atoms with Crippen molar-refractivity contribution in [2.45, 2.75) is 6.18 Å². The lowest BCUT2D eigenvalue weighted by Crippen LogP contribution is -2.24. The number of carbonyl (C=O) groups excluding carboxylic acids is 2. The molecule has 0 aromatic carbocycles. The lowest BCUT2D eigenvalue weighted by atomic mass is 10.7. The maximum atomic E-state index is 11.0. The van der Waals surface area contributed by atoms with Gasteiger partial charge in [0.2, 0.25) is 0 Å².